The number of anilines is 2. The number of ether oxygens (including phenoxy) is 2. The lowest BCUT2D eigenvalue weighted by Crippen LogP contribution is -2.48. The van der Waals surface area contributed by atoms with Crippen LogP contribution >= 0.6 is 0 Å². The van der Waals surface area contributed by atoms with Crippen molar-refractivity contribution < 1.29 is 9.47 Å². The summed E-state index contributed by atoms with van der Waals surface area (Å²) in [6, 6.07) is 26.0. The van der Waals surface area contributed by atoms with Crippen molar-refractivity contribution in [1.29, 1.82) is 0 Å². The van der Waals surface area contributed by atoms with E-state index in [1.54, 1.807) is 0 Å². The molecular weight excluding hydrogens is 536 g/mol. The largest absolute Gasteiger partial charge is 0.453 e. The van der Waals surface area contributed by atoms with E-state index in [1.807, 2.05) is 12.4 Å². The normalized spacial score (nSPS) is 19.8. The molecule has 2 atom stereocenters. The lowest BCUT2D eigenvalue weighted by Gasteiger charge is -2.42. The molecule has 43 heavy (non-hydrogen) atoms. The highest BCUT2D eigenvalue weighted by molar-refractivity contribution is 5.88. The van der Waals surface area contributed by atoms with E-state index in [-0.39, 0.29) is 0 Å². The zero-order valence-electron chi connectivity index (χ0n) is 23.8. The smallest absolute Gasteiger partial charge is 0.151 e. The van der Waals surface area contributed by atoms with Crippen LogP contribution in [0.15, 0.2) is 85.2 Å². The molecule has 0 aliphatic carbocycles. The molecule has 6 aromatic rings. The first-order chi connectivity index (χ1) is 21.2. The summed E-state index contributed by atoms with van der Waals surface area (Å²) in [4.78, 5) is 5.08. The van der Waals surface area contributed by atoms with Gasteiger partial charge in [0.05, 0.1) is 48.0 Å². The van der Waals surface area contributed by atoms with E-state index in [1.165, 1.54) is 6.42 Å². The topological polar surface area (TPSA) is 82.3 Å². The van der Waals surface area contributed by atoms with E-state index in [9.17, 15) is 0 Å². The van der Waals surface area contributed by atoms with E-state index in [0.29, 0.717) is 11.8 Å². The highest BCUT2D eigenvalue weighted by atomic mass is 16.5. The second kappa shape index (κ2) is 9.97. The maximum atomic E-state index is 6.72. The summed E-state index contributed by atoms with van der Waals surface area (Å²) in [6.45, 7) is 5.93. The van der Waals surface area contributed by atoms with Crippen LogP contribution in [-0.4, -0.2) is 64.7 Å². The van der Waals surface area contributed by atoms with Crippen LogP contribution in [0.25, 0.3) is 44.1 Å². The van der Waals surface area contributed by atoms with Crippen LogP contribution in [0.1, 0.15) is 6.42 Å². The molecular formula is C35H32N6O2. The molecule has 9 rings (SSSR count). The third-order valence-corrected chi connectivity index (χ3v) is 9.31. The summed E-state index contributed by atoms with van der Waals surface area (Å²) in [5.41, 5.74) is 8.80. The number of fused-ring (bicyclic) bond motifs is 6. The summed E-state index contributed by atoms with van der Waals surface area (Å²) in [5, 5.41) is 16.7. The van der Waals surface area contributed by atoms with E-state index in [0.717, 1.165) is 106 Å². The Morgan fingerprint density at radius 3 is 1.77 bits per heavy atom. The van der Waals surface area contributed by atoms with E-state index in [4.69, 9.17) is 9.47 Å². The SMILES string of the molecule is c1cc2c(cc1-c1ccc3[nH]ncc3c1)Oc1cc(-c3ccc4[nH]ncc4c3)ccc1N2CCN1CC2COCC(C2)C1. The zero-order chi connectivity index (χ0) is 28.3. The van der Waals surface area contributed by atoms with Crippen molar-refractivity contribution in [3.8, 4) is 33.8 Å². The minimum Gasteiger partial charge on any atom is -0.453 e. The van der Waals surface area contributed by atoms with Gasteiger partial charge in [-0.1, -0.05) is 24.3 Å². The first kappa shape index (κ1) is 24.9. The van der Waals surface area contributed by atoms with Crippen LogP contribution in [0.5, 0.6) is 11.5 Å². The number of rotatable bonds is 5. The molecule has 2 unspecified atom stereocenters. The Hall–Kier alpha value is -4.66. The molecule has 8 nitrogen and oxygen atoms in total. The van der Waals surface area contributed by atoms with Gasteiger partial charge in [-0.05, 0) is 89.0 Å². The van der Waals surface area contributed by atoms with Gasteiger partial charge < -0.3 is 19.3 Å². The quantitative estimate of drug-likeness (QED) is 0.233. The number of piperidine rings is 1. The first-order valence-corrected chi connectivity index (χ1v) is 15.1. The highest BCUT2D eigenvalue weighted by Gasteiger charge is 2.32. The number of hydrogen-bond acceptors (Lipinski definition) is 6. The molecule has 0 spiro atoms. The van der Waals surface area contributed by atoms with Crippen molar-refractivity contribution in [1.82, 2.24) is 25.3 Å². The molecule has 2 aromatic heterocycles. The van der Waals surface area contributed by atoms with Gasteiger partial charge in [-0.25, -0.2) is 0 Å². The Balaban J connectivity index is 1.08. The molecule has 0 radical (unpaired) electrons. The monoisotopic (exact) mass is 568 g/mol. The summed E-state index contributed by atoms with van der Waals surface area (Å²) in [6.07, 6.45) is 5.05. The fraction of sp³-hybridized carbons (Fsp3) is 0.257. The van der Waals surface area contributed by atoms with Gasteiger partial charge in [0.15, 0.2) is 11.5 Å². The van der Waals surface area contributed by atoms with Crippen molar-refractivity contribution in [3.05, 3.63) is 85.2 Å². The van der Waals surface area contributed by atoms with Gasteiger partial charge in [0, 0.05) is 37.0 Å². The Labute approximate surface area is 249 Å². The number of H-pyrrole nitrogens is 2. The molecule has 5 heterocycles. The van der Waals surface area contributed by atoms with Crippen LogP contribution in [-0.2, 0) is 4.74 Å². The maximum absolute atomic E-state index is 6.72. The van der Waals surface area contributed by atoms with E-state index >= 15 is 0 Å². The lowest BCUT2D eigenvalue weighted by molar-refractivity contribution is -0.0394. The highest BCUT2D eigenvalue weighted by Crippen LogP contribution is 2.49. The second-order valence-corrected chi connectivity index (χ2v) is 12.2. The van der Waals surface area contributed by atoms with Gasteiger partial charge in [0.1, 0.15) is 0 Å². The Bertz CT molecular complexity index is 1840. The molecule has 2 bridgehead atoms. The Morgan fingerprint density at radius 2 is 1.19 bits per heavy atom. The van der Waals surface area contributed by atoms with Crippen molar-refractivity contribution >= 4 is 33.2 Å². The van der Waals surface area contributed by atoms with Crippen molar-refractivity contribution in [2.75, 3.05) is 44.3 Å². The molecule has 2 saturated heterocycles. The Morgan fingerprint density at radius 1 is 0.651 bits per heavy atom. The number of nitrogens with one attached hydrogen (secondary N) is 2. The summed E-state index contributed by atoms with van der Waals surface area (Å²) in [7, 11) is 0. The van der Waals surface area contributed by atoms with Gasteiger partial charge in [-0.2, -0.15) is 10.2 Å². The molecule has 0 saturated carbocycles. The van der Waals surface area contributed by atoms with Crippen LogP contribution in [0.4, 0.5) is 11.4 Å². The number of aromatic nitrogens is 4. The fourth-order valence-electron chi connectivity index (χ4n) is 7.22. The molecule has 0 amide bonds. The van der Waals surface area contributed by atoms with Crippen LogP contribution < -0.4 is 9.64 Å². The van der Waals surface area contributed by atoms with Crippen molar-refractivity contribution in [2.24, 2.45) is 11.8 Å². The van der Waals surface area contributed by atoms with Crippen LogP contribution in [0.3, 0.4) is 0 Å². The van der Waals surface area contributed by atoms with Gasteiger partial charge in [0.25, 0.3) is 0 Å². The number of benzene rings is 4. The number of hydrogen-bond donors (Lipinski definition) is 2. The number of aromatic amines is 2. The molecule has 3 aliphatic rings. The summed E-state index contributed by atoms with van der Waals surface area (Å²) in [5.74, 6) is 3.07. The Kier molecular flexibility index (Phi) is 5.77. The molecule has 3 aliphatic heterocycles. The second-order valence-electron chi connectivity index (χ2n) is 12.2. The predicted molar refractivity (Wildman–Crippen MR) is 169 cm³/mol. The van der Waals surface area contributed by atoms with Crippen LogP contribution in [0.2, 0.25) is 0 Å². The zero-order valence-corrected chi connectivity index (χ0v) is 23.8. The average Bonchev–Trinajstić information content (AvgIpc) is 3.71. The molecule has 8 heteroatoms. The minimum atomic E-state index is 0.655. The molecule has 214 valence electrons. The van der Waals surface area contributed by atoms with Gasteiger partial charge >= 0.3 is 0 Å². The maximum Gasteiger partial charge on any atom is 0.151 e. The molecule has 4 aromatic carbocycles. The fourth-order valence-corrected chi connectivity index (χ4v) is 7.22. The lowest BCUT2D eigenvalue weighted by atomic mass is 9.88. The summed E-state index contributed by atoms with van der Waals surface area (Å²) < 4.78 is 12.6. The number of likely N-dealkylation sites (tertiary alicyclic amines) is 1. The van der Waals surface area contributed by atoms with Gasteiger partial charge in [0.2, 0.25) is 0 Å². The number of nitrogens with zero attached hydrogens (tertiary/aromatic N) is 4. The van der Waals surface area contributed by atoms with Gasteiger partial charge in [-0.15, -0.1) is 0 Å². The minimum absolute atomic E-state index is 0.655. The van der Waals surface area contributed by atoms with Crippen molar-refractivity contribution in [3.63, 3.8) is 0 Å². The van der Waals surface area contributed by atoms with Crippen LogP contribution in [0, 0.1) is 11.8 Å². The standard InChI is InChI=1S/C35H32N6O2/c1-5-30-28(16-36-38-30)12-24(1)26-3-7-32-34(14-26)43-35-15-27(25-2-6-31-29(13-25)17-37-39-31)4-8-33(35)41(32)10-9-40-18-22-11-23(19-40)21-42-20-22/h1-8,12-17,22-23H,9-11,18-21H2,(H,36,38)(H,37,39). The van der Waals surface area contributed by atoms with E-state index < -0.39 is 0 Å². The summed E-state index contributed by atoms with van der Waals surface area (Å²) >= 11 is 0. The third-order valence-electron chi connectivity index (χ3n) is 9.31. The predicted octanol–water partition coefficient (Wildman–Crippen LogP) is 6.99. The van der Waals surface area contributed by atoms with Crippen molar-refractivity contribution in [2.45, 2.75) is 6.42 Å². The first-order valence-electron chi connectivity index (χ1n) is 15.1. The van der Waals surface area contributed by atoms with Gasteiger partial charge in [-0.3, -0.25) is 10.2 Å². The third kappa shape index (κ3) is 4.45. The molecule has 2 fully saturated rings. The van der Waals surface area contributed by atoms with E-state index in [2.05, 4.69) is 103 Å². The molecule has 2 N–H and O–H groups in total. The average molecular weight is 569 g/mol.